The highest BCUT2D eigenvalue weighted by atomic mass is 16.5. The van der Waals surface area contributed by atoms with E-state index in [1.165, 1.54) is 0 Å². The molecular formula is C14H20O3. The van der Waals surface area contributed by atoms with E-state index in [1.807, 2.05) is 37.3 Å². The van der Waals surface area contributed by atoms with Crippen molar-refractivity contribution in [2.45, 2.75) is 45.3 Å². The third-order valence-corrected chi connectivity index (χ3v) is 2.56. The van der Waals surface area contributed by atoms with E-state index in [0.717, 1.165) is 12.0 Å². The molecule has 0 radical (unpaired) electrons. The standard InChI is InChI=1S/C14H20O3/c1-3-9-14(2,16)10-13(15)17-11-12-7-5-4-6-8-12/h4-8,16H,3,9-11H2,1-2H3. The van der Waals surface area contributed by atoms with Gasteiger partial charge in [-0.15, -0.1) is 0 Å². The number of esters is 1. The highest BCUT2D eigenvalue weighted by molar-refractivity contribution is 5.70. The molecule has 0 fully saturated rings. The van der Waals surface area contributed by atoms with E-state index in [9.17, 15) is 9.90 Å². The molecule has 1 atom stereocenters. The van der Waals surface area contributed by atoms with Crippen molar-refractivity contribution in [3.05, 3.63) is 35.9 Å². The van der Waals surface area contributed by atoms with Gasteiger partial charge in [0.15, 0.2) is 0 Å². The summed E-state index contributed by atoms with van der Waals surface area (Å²) in [6.07, 6.45) is 1.50. The Kier molecular flexibility index (Phi) is 5.16. The van der Waals surface area contributed by atoms with Crippen molar-refractivity contribution in [1.82, 2.24) is 0 Å². The van der Waals surface area contributed by atoms with Crippen molar-refractivity contribution < 1.29 is 14.6 Å². The van der Waals surface area contributed by atoms with Crippen LogP contribution in [0, 0.1) is 0 Å². The Bertz CT molecular complexity index is 344. The molecule has 0 aromatic heterocycles. The maximum absolute atomic E-state index is 11.5. The fourth-order valence-corrected chi connectivity index (χ4v) is 1.73. The third kappa shape index (κ3) is 5.50. The largest absolute Gasteiger partial charge is 0.461 e. The van der Waals surface area contributed by atoms with Crippen LogP contribution in [0.25, 0.3) is 0 Å². The van der Waals surface area contributed by atoms with Crippen LogP contribution in [0.1, 0.15) is 38.7 Å². The van der Waals surface area contributed by atoms with Gasteiger partial charge in [-0.3, -0.25) is 4.79 Å². The normalized spacial score (nSPS) is 14.1. The lowest BCUT2D eigenvalue weighted by molar-refractivity contribution is -0.150. The summed E-state index contributed by atoms with van der Waals surface area (Å²) in [5.41, 5.74) is -0.00122. The van der Waals surface area contributed by atoms with Crippen LogP contribution in [0.4, 0.5) is 0 Å². The van der Waals surface area contributed by atoms with E-state index in [2.05, 4.69) is 0 Å². The second-order valence-corrected chi connectivity index (χ2v) is 4.57. The fraction of sp³-hybridized carbons (Fsp3) is 0.500. The first-order valence-corrected chi connectivity index (χ1v) is 5.95. The first kappa shape index (κ1) is 13.7. The van der Waals surface area contributed by atoms with Crippen LogP contribution in [0.3, 0.4) is 0 Å². The summed E-state index contributed by atoms with van der Waals surface area (Å²) in [6.45, 7) is 3.91. The molecule has 0 spiro atoms. The third-order valence-electron chi connectivity index (χ3n) is 2.56. The molecule has 1 aromatic carbocycles. The zero-order valence-electron chi connectivity index (χ0n) is 10.5. The highest BCUT2D eigenvalue weighted by Crippen LogP contribution is 2.17. The summed E-state index contributed by atoms with van der Waals surface area (Å²) in [5.74, 6) is -0.354. The highest BCUT2D eigenvalue weighted by Gasteiger charge is 2.24. The van der Waals surface area contributed by atoms with Crippen molar-refractivity contribution >= 4 is 5.97 Å². The van der Waals surface area contributed by atoms with Gasteiger partial charge in [0.25, 0.3) is 0 Å². The number of benzene rings is 1. The van der Waals surface area contributed by atoms with Crippen LogP contribution < -0.4 is 0 Å². The van der Waals surface area contributed by atoms with Gasteiger partial charge in [-0.25, -0.2) is 0 Å². The lowest BCUT2D eigenvalue weighted by atomic mass is 9.97. The minimum atomic E-state index is -0.956. The molecule has 94 valence electrons. The number of rotatable bonds is 6. The summed E-state index contributed by atoms with van der Waals surface area (Å²) in [4.78, 5) is 11.5. The zero-order valence-corrected chi connectivity index (χ0v) is 10.5. The molecule has 1 unspecified atom stereocenters. The molecule has 0 saturated carbocycles. The Hall–Kier alpha value is -1.35. The molecule has 0 amide bonds. The van der Waals surface area contributed by atoms with Gasteiger partial charge in [-0.05, 0) is 18.9 Å². The average molecular weight is 236 g/mol. The lowest BCUT2D eigenvalue weighted by Crippen LogP contribution is -2.28. The van der Waals surface area contributed by atoms with Gasteiger partial charge >= 0.3 is 5.97 Å². The lowest BCUT2D eigenvalue weighted by Gasteiger charge is -2.21. The van der Waals surface area contributed by atoms with Crippen molar-refractivity contribution in [3.63, 3.8) is 0 Å². The van der Waals surface area contributed by atoms with Gasteiger partial charge in [-0.1, -0.05) is 43.7 Å². The Balaban J connectivity index is 2.35. The van der Waals surface area contributed by atoms with Gasteiger partial charge in [0, 0.05) is 0 Å². The maximum atomic E-state index is 11.5. The van der Waals surface area contributed by atoms with Gasteiger partial charge < -0.3 is 9.84 Å². The molecule has 0 heterocycles. The number of hydrogen-bond donors (Lipinski definition) is 1. The molecular weight excluding hydrogens is 216 g/mol. The molecule has 1 aromatic rings. The molecule has 17 heavy (non-hydrogen) atoms. The quantitative estimate of drug-likeness (QED) is 0.772. The van der Waals surface area contributed by atoms with E-state index < -0.39 is 5.60 Å². The van der Waals surface area contributed by atoms with E-state index in [1.54, 1.807) is 6.92 Å². The predicted molar refractivity (Wildman–Crippen MR) is 66.4 cm³/mol. The van der Waals surface area contributed by atoms with Gasteiger partial charge in [-0.2, -0.15) is 0 Å². The molecule has 0 aliphatic rings. The number of aliphatic hydroxyl groups is 1. The first-order chi connectivity index (χ1) is 8.03. The Morgan fingerprint density at radius 2 is 2.00 bits per heavy atom. The Morgan fingerprint density at radius 1 is 1.35 bits per heavy atom. The Labute approximate surface area is 102 Å². The summed E-state index contributed by atoms with van der Waals surface area (Å²) >= 11 is 0. The molecule has 1 rings (SSSR count). The SMILES string of the molecule is CCCC(C)(O)CC(=O)OCc1ccccc1. The van der Waals surface area contributed by atoms with Crippen LogP contribution in [0.2, 0.25) is 0 Å². The van der Waals surface area contributed by atoms with E-state index in [4.69, 9.17) is 4.74 Å². The average Bonchev–Trinajstić information content (AvgIpc) is 2.27. The molecule has 0 saturated heterocycles. The van der Waals surface area contributed by atoms with Crippen LogP contribution in [-0.2, 0) is 16.1 Å². The fourth-order valence-electron chi connectivity index (χ4n) is 1.73. The number of hydrogen-bond acceptors (Lipinski definition) is 3. The smallest absolute Gasteiger partial charge is 0.309 e. The Morgan fingerprint density at radius 3 is 2.59 bits per heavy atom. The van der Waals surface area contributed by atoms with E-state index in [-0.39, 0.29) is 19.0 Å². The molecule has 3 heteroatoms. The minimum absolute atomic E-state index is 0.0493. The van der Waals surface area contributed by atoms with Gasteiger partial charge in [0.2, 0.25) is 0 Å². The summed E-state index contributed by atoms with van der Waals surface area (Å²) in [6, 6.07) is 9.51. The molecule has 1 N–H and O–H groups in total. The predicted octanol–water partition coefficient (Wildman–Crippen LogP) is 2.67. The van der Waals surface area contributed by atoms with E-state index >= 15 is 0 Å². The number of carbonyl (C=O) groups excluding carboxylic acids is 1. The second kappa shape index (κ2) is 6.40. The van der Waals surface area contributed by atoms with Crippen molar-refractivity contribution in [1.29, 1.82) is 0 Å². The van der Waals surface area contributed by atoms with Gasteiger partial charge in [0.1, 0.15) is 6.61 Å². The van der Waals surface area contributed by atoms with Crippen molar-refractivity contribution in [2.24, 2.45) is 0 Å². The summed E-state index contributed by atoms with van der Waals surface area (Å²) in [5, 5.41) is 9.88. The van der Waals surface area contributed by atoms with Crippen LogP contribution in [0.5, 0.6) is 0 Å². The minimum Gasteiger partial charge on any atom is -0.461 e. The van der Waals surface area contributed by atoms with Crippen LogP contribution in [0.15, 0.2) is 30.3 Å². The van der Waals surface area contributed by atoms with Crippen LogP contribution in [-0.4, -0.2) is 16.7 Å². The number of ether oxygens (including phenoxy) is 1. The topological polar surface area (TPSA) is 46.5 Å². The monoisotopic (exact) mass is 236 g/mol. The van der Waals surface area contributed by atoms with Crippen molar-refractivity contribution in [2.75, 3.05) is 0 Å². The molecule has 0 aliphatic carbocycles. The molecule has 0 aliphatic heterocycles. The number of carbonyl (C=O) groups is 1. The van der Waals surface area contributed by atoms with Gasteiger partial charge in [0.05, 0.1) is 12.0 Å². The zero-order chi connectivity index (χ0) is 12.7. The second-order valence-electron chi connectivity index (χ2n) is 4.57. The first-order valence-electron chi connectivity index (χ1n) is 5.95. The van der Waals surface area contributed by atoms with E-state index in [0.29, 0.717) is 6.42 Å². The van der Waals surface area contributed by atoms with Crippen LogP contribution >= 0.6 is 0 Å². The molecule has 0 bridgehead atoms. The molecule has 3 nitrogen and oxygen atoms in total. The van der Waals surface area contributed by atoms with Crippen molar-refractivity contribution in [3.8, 4) is 0 Å². The summed E-state index contributed by atoms with van der Waals surface area (Å²) in [7, 11) is 0. The summed E-state index contributed by atoms with van der Waals surface area (Å²) < 4.78 is 5.11. The maximum Gasteiger partial charge on any atom is 0.309 e.